The third-order valence-electron chi connectivity index (χ3n) is 3.51. The highest BCUT2D eigenvalue weighted by Gasteiger charge is 2.26. The van der Waals surface area contributed by atoms with E-state index < -0.39 is 5.54 Å². The van der Waals surface area contributed by atoms with Gasteiger partial charge in [-0.1, -0.05) is 32.4 Å². The van der Waals surface area contributed by atoms with Crippen LogP contribution in [0, 0.1) is 11.3 Å². The second kappa shape index (κ2) is 8.69. The Kier molecular flexibility index (Phi) is 7.25. The minimum Gasteiger partial charge on any atom is -0.491 e. The molecule has 0 bridgehead atoms. The van der Waals surface area contributed by atoms with E-state index >= 15 is 0 Å². The fourth-order valence-corrected chi connectivity index (χ4v) is 2.43. The van der Waals surface area contributed by atoms with Gasteiger partial charge in [-0.05, 0) is 50.9 Å². The molecule has 0 radical (unpaired) electrons. The number of benzene rings is 1. The molecular formula is C18H28N2O. The molecule has 0 saturated heterocycles. The van der Waals surface area contributed by atoms with Crippen LogP contribution in [0.25, 0.3) is 0 Å². The molecule has 21 heavy (non-hydrogen) atoms. The van der Waals surface area contributed by atoms with Crippen LogP contribution in [0.15, 0.2) is 24.3 Å². The van der Waals surface area contributed by atoms with E-state index in [1.807, 2.05) is 26.0 Å². The van der Waals surface area contributed by atoms with Crippen LogP contribution in [-0.2, 0) is 6.42 Å². The predicted octanol–water partition coefficient (Wildman–Crippen LogP) is 4.08. The summed E-state index contributed by atoms with van der Waals surface area (Å²) < 4.78 is 5.93. The highest BCUT2D eigenvalue weighted by Crippen LogP contribution is 2.19. The van der Waals surface area contributed by atoms with Gasteiger partial charge in [0.15, 0.2) is 0 Å². The Bertz CT molecular complexity index is 449. The van der Waals surface area contributed by atoms with Gasteiger partial charge in [-0.15, -0.1) is 0 Å². The van der Waals surface area contributed by atoms with E-state index in [0.717, 1.165) is 31.6 Å². The topological polar surface area (TPSA) is 45.0 Å². The Labute approximate surface area is 129 Å². The van der Waals surface area contributed by atoms with Gasteiger partial charge in [-0.2, -0.15) is 5.26 Å². The molecule has 0 fully saturated rings. The fraction of sp³-hybridized carbons (Fsp3) is 0.611. The summed E-state index contributed by atoms with van der Waals surface area (Å²) in [4.78, 5) is 0. The van der Waals surface area contributed by atoms with Crippen molar-refractivity contribution in [3.05, 3.63) is 29.8 Å². The fourth-order valence-electron chi connectivity index (χ4n) is 2.43. The molecule has 0 aromatic heterocycles. The molecule has 116 valence electrons. The first-order valence-electron chi connectivity index (χ1n) is 7.95. The number of ether oxygens (including phenoxy) is 1. The van der Waals surface area contributed by atoms with Crippen molar-refractivity contribution in [2.75, 3.05) is 6.54 Å². The van der Waals surface area contributed by atoms with Crippen LogP contribution >= 0.6 is 0 Å². The molecular weight excluding hydrogens is 260 g/mol. The number of aryl methyl sites for hydroxylation is 1. The molecule has 0 heterocycles. The molecule has 3 heteroatoms. The van der Waals surface area contributed by atoms with Crippen LogP contribution < -0.4 is 10.1 Å². The van der Waals surface area contributed by atoms with Gasteiger partial charge >= 0.3 is 0 Å². The molecule has 1 N–H and O–H groups in total. The van der Waals surface area contributed by atoms with E-state index in [1.54, 1.807) is 0 Å². The number of hydrogen-bond donors (Lipinski definition) is 1. The molecule has 0 aliphatic heterocycles. The summed E-state index contributed by atoms with van der Waals surface area (Å²) in [5.74, 6) is 0.873. The summed E-state index contributed by atoms with van der Waals surface area (Å²) >= 11 is 0. The lowest BCUT2D eigenvalue weighted by Crippen LogP contribution is -2.44. The monoisotopic (exact) mass is 288 g/mol. The van der Waals surface area contributed by atoms with Crippen LogP contribution in [-0.4, -0.2) is 18.2 Å². The van der Waals surface area contributed by atoms with Crippen molar-refractivity contribution >= 4 is 0 Å². The quantitative estimate of drug-likeness (QED) is 0.744. The zero-order valence-corrected chi connectivity index (χ0v) is 13.8. The van der Waals surface area contributed by atoms with Crippen LogP contribution in [0.4, 0.5) is 0 Å². The summed E-state index contributed by atoms with van der Waals surface area (Å²) in [6.45, 7) is 9.08. The summed E-state index contributed by atoms with van der Waals surface area (Å²) in [6, 6.07) is 10.6. The summed E-state index contributed by atoms with van der Waals surface area (Å²) in [7, 11) is 0. The average molecular weight is 288 g/mol. The number of rotatable bonds is 9. The van der Waals surface area contributed by atoms with Crippen molar-refractivity contribution in [2.45, 2.75) is 65.0 Å². The van der Waals surface area contributed by atoms with E-state index in [4.69, 9.17) is 4.74 Å². The second-order valence-electron chi connectivity index (χ2n) is 5.90. The average Bonchev–Trinajstić information content (AvgIpc) is 2.47. The summed E-state index contributed by atoms with van der Waals surface area (Å²) in [6.07, 6.45) is 3.94. The molecule has 0 spiro atoms. The molecule has 1 rings (SSSR count). The lowest BCUT2D eigenvalue weighted by molar-refractivity contribution is 0.180. The van der Waals surface area contributed by atoms with Gasteiger partial charge in [0.05, 0.1) is 12.2 Å². The zero-order valence-electron chi connectivity index (χ0n) is 13.8. The van der Waals surface area contributed by atoms with E-state index in [1.165, 1.54) is 5.56 Å². The van der Waals surface area contributed by atoms with Crippen LogP contribution in [0.2, 0.25) is 0 Å². The third-order valence-corrected chi connectivity index (χ3v) is 3.51. The van der Waals surface area contributed by atoms with Crippen molar-refractivity contribution in [3.8, 4) is 11.8 Å². The number of nitrogens with one attached hydrogen (secondary N) is 1. The standard InChI is InChI=1S/C18H28N2O/c1-5-7-16-8-10-17(11-9-16)21-15(3)13-18(4,14-19)20-12-6-2/h8-11,15,20H,5-7,12-13H2,1-4H3. The first-order valence-corrected chi connectivity index (χ1v) is 7.95. The second-order valence-corrected chi connectivity index (χ2v) is 5.90. The van der Waals surface area contributed by atoms with Gasteiger partial charge in [0.2, 0.25) is 0 Å². The molecule has 3 nitrogen and oxygen atoms in total. The molecule has 1 aromatic carbocycles. The van der Waals surface area contributed by atoms with Crippen molar-refractivity contribution in [1.29, 1.82) is 5.26 Å². The van der Waals surface area contributed by atoms with Crippen molar-refractivity contribution < 1.29 is 4.74 Å². The number of nitriles is 1. The number of hydrogen-bond acceptors (Lipinski definition) is 3. The van der Waals surface area contributed by atoms with Gasteiger partial charge in [0.1, 0.15) is 11.3 Å². The van der Waals surface area contributed by atoms with Crippen molar-refractivity contribution in [1.82, 2.24) is 5.32 Å². The van der Waals surface area contributed by atoms with Crippen LogP contribution in [0.1, 0.15) is 52.5 Å². The maximum atomic E-state index is 9.35. The maximum absolute atomic E-state index is 9.35. The lowest BCUT2D eigenvalue weighted by Gasteiger charge is -2.27. The zero-order chi connectivity index (χ0) is 15.7. The minimum atomic E-state index is -0.530. The molecule has 0 amide bonds. The van der Waals surface area contributed by atoms with E-state index in [0.29, 0.717) is 6.42 Å². The Morgan fingerprint density at radius 3 is 2.43 bits per heavy atom. The molecule has 0 aliphatic rings. The third kappa shape index (κ3) is 6.18. The van der Waals surface area contributed by atoms with Crippen molar-refractivity contribution in [3.63, 3.8) is 0 Å². The van der Waals surface area contributed by atoms with E-state index in [9.17, 15) is 5.26 Å². The molecule has 1 aromatic rings. The molecule has 2 unspecified atom stereocenters. The molecule has 2 atom stereocenters. The minimum absolute atomic E-state index is 0.00367. The Morgan fingerprint density at radius 1 is 1.24 bits per heavy atom. The first-order chi connectivity index (χ1) is 10.0. The van der Waals surface area contributed by atoms with Crippen molar-refractivity contribution in [2.24, 2.45) is 0 Å². The predicted molar refractivity (Wildman–Crippen MR) is 87.5 cm³/mol. The smallest absolute Gasteiger partial charge is 0.119 e. The molecule has 0 saturated carbocycles. The normalized spacial score (nSPS) is 15.0. The van der Waals surface area contributed by atoms with Gasteiger partial charge in [0, 0.05) is 6.42 Å². The number of nitrogens with zero attached hydrogens (tertiary/aromatic N) is 1. The Morgan fingerprint density at radius 2 is 1.90 bits per heavy atom. The van der Waals surface area contributed by atoms with Gasteiger partial charge < -0.3 is 4.74 Å². The van der Waals surface area contributed by atoms with Gasteiger partial charge in [-0.25, -0.2) is 0 Å². The van der Waals surface area contributed by atoms with E-state index in [2.05, 4.69) is 37.4 Å². The summed E-state index contributed by atoms with van der Waals surface area (Å²) in [5, 5.41) is 12.7. The molecule has 0 aliphatic carbocycles. The van der Waals surface area contributed by atoms with E-state index in [-0.39, 0.29) is 6.10 Å². The summed E-state index contributed by atoms with van der Waals surface area (Å²) in [5.41, 5.74) is 0.807. The van der Waals surface area contributed by atoms with Crippen LogP contribution in [0.5, 0.6) is 5.75 Å². The van der Waals surface area contributed by atoms with Gasteiger partial charge in [-0.3, -0.25) is 5.32 Å². The first kappa shape index (κ1) is 17.5. The SMILES string of the molecule is CCCNC(C)(C#N)CC(C)Oc1ccc(CCC)cc1. The lowest BCUT2D eigenvalue weighted by atomic mass is 9.96. The van der Waals surface area contributed by atoms with Gasteiger partial charge in [0.25, 0.3) is 0 Å². The van der Waals surface area contributed by atoms with Crippen LogP contribution in [0.3, 0.4) is 0 Å². The maximum Gasteiger partial charge on any atom is 0.119 e. The highest BCUT2D eigenvalue weighted by molar-refractivity contribution is 5.27. The Hall–Kier alpha value is -1.53. The largest absolute Gasteiger partial charge is 0.491 e. The highest BCUT2D eigenvalue weighted by atomic mass is 16.5. The Balaban J connectivity index is 2.55.